The zero-order valence-corrected chi connectivity index (χ0v) is 9.26. The smallest absolute Gasteiger partial charge is 0.00697 e. The Kier molecular flexibility index (Phi) is 4.79. The highest BCUT2D eigenvalue weighted by atomic mass is 14.7. The summed E-state index contributed by atoms with van der Waals surface area (Å²) in [5, 5.41) is 0. The number of hydrogen-bond acceptors (Lipinski definition) is 1. The lowest BCUT2D eigenvalue weighted by atomic mass is 9.73. The molecule has 0 radical (unpaired) electrons. The monoisotopic (exact) mass is 183 g/mol. The molecule has 1 nitrogen and oxygen atoms in total. The highest BCUT2D eigenvalue weighted by Crippen LogP contribution is 2.34. The lowest BCUT2D eigenvalue weighted by Gasteiger charge is -2.35. The molecule has 1 fully saturated rings. The zero-order valence-electron chi connectivity index (χ0n) is 9.26. The van der Waals surface area contributed by atoms with Gasteiger partial charge in [-0.2, -0.15) is 0 Å². The van der Waals surface area contributed by atoms with E-state index < -0.39 is 0 Å². The predicted octanol–water partition coefficient (Wildman–Crippen LogP) is 3.33. The molecule has 3 unspecified atom stereocenters. The molecule has 0 amide bonds. The van der Waals surface area contributed by atoms with Gasteiger partial charge in [-0.05, 0) is 24.7 Å². The molecule has 0 heterocycles. The molecule has 0 bridgehead atoms. The summed E-state index contributed by atoms with van der Waals surface area (Å²) in [6.07, 6.45) is 9.47. The van der Waals surface area contributed by atoms with E-state index in [2.05, 4.69) is 13.8 Å². The fourth-order valence-electron chi connectivity index (χ4n) is 2.85. The van der Waals surface area contributed by atoms with Crippen molar-refractivity contribution in [3.8, 4) is 0 Å². The van der Waals surface area contributed by atoms with Crippen molar-refractivity contribution in [1.82, 2.24) is 0 Å². The van der Waals surface area contributed by atoms with Crippen LogP contribution in [0.4, 0.5) is 0 Å². The minimum atomic E-state index is 0.482. The molecule has 1 aliphatic carbocycles. The van der Waals surface area contributed by atoms with Crippen LogP contribution in [-0.2, 0) is 0 Å². The van der Waals surface area contributed by atoms with Crippen LogP contribution in [0.5, 0.6) is 0 Å². The molecular formula is C12H25N. The molecule has 1 heteroatoms. The summed E-state index contributed by atoms with van der Waals surface area (Å²) in [7, 11) is 0. The van der Waals surface area contributed by atoms with Crippen LogP contribution < -0.4 is 5.73 Å². The van der Waals surface area contributed by atoms with Crippen LogP contribution in [0.1, 0.15) is 58.8 Å². The van der Waals surface area contributed by atoms with Gasteiger partial charge in [0.2, 0.25) is 0 Å². The maximum absolute atomic E-state index is 6.22. The van der Waals surface area contributed by atoms with Crippen molar-refractivity contribution >= 4 is 0 Å². The van der Waals surface area contributed by atoms with Gasteiger partial charge in [0.25, 0.3) is 0 Å². The fraction of sp³-hybridized carbons (Fsp3) is 1.00. The molecule has 0 aromatic rings. The van der Waals surface area contributed by atoms with Gasteiger partial charge < -0.3 is 5.73 Å². The maximum atomic E-state index is 6.22. The number of rotatable bonds is 4. The average molecular weight is 183 g/mol. The molecule has 1 rings (SSSR count). The van der Waals surface area contributed by atoms with Gasteiger partial charge in [-0.3, -0.25) is 0 Å². The largest absolute Gasteiger partial charge is 0.327 e. The zero-order chi connectivity index (χ0) is 9.68. The second kappa shape index (κ2) is 5.64. The molecule has 1 aliphatic rings. The molecule has 78 valence electrons. The van der Waals surface area contributed by atoms with Gasteiger partial charge in [-0.15, -0.1) is 0 Å². The molecule has 0 aromatic carbocycles. The summed E-state index contributed by atoms with van der Waals surface area (Å²) >= 11 is 0. The Labute approximate surface area is 83.1 Å². The second-order valence-corrected chi connectivity index (χ2v) is 4.57. The average Bonchev–Trinajstić information content (AvgIpc) is 2.18. The van der Waals surface area contributed by atoms with E-state index in [0.29, 0.717) is 6.04 Å². The van der Waals surface area contributed by atoms with E-state index >= 15 is 0 Å². The van der Waals surface area contributed by atoms with Crippen LogP contribution >= 0.6 is 0 Å². The quantitative estimate of drug-likeness (QED) is 0.711. The summed E-state index contributed by atoms with van der Waals surface area (Å²) in [5.41, 5.74) is 6.22. The molecule has 1 saturated carbocycles. The van der Waals surface area contributed by atoms with E-state index in [1.54, 1.807) is 0 Å². The van der Waals surface area contributed by atoms with Gasteiger partial charge in [-0.1, -0.05) is 46.0 Å². The Balaban J connectivity index is 2.43. The van der Waals surface area contributed by atoms with E-state index in [1.807, 2.05) is 0 Å². The van der Waals surface area contributed by atoms with E-state index in [9.17, 15) is 0 Å². The Hall–Kier alpha value is -0.0400. The van der Waals surface area contributed by atoms with Crippen LogP contribution in [0.15, 0.2) is 0 Å². The maximum Gasteiger partial charge on any atom is 0.00697 e. The van der Waals surface area contributed by atoms with Crippen molar-refractivity contribution < 1.29 is 0 Å². The molecule has 0 aromatic heterocycles. The van der Waals surface area contributed by atoms with Crippen molar-refractivity contribution in [1.29, 1.82) is 0 Å². The van der Waals surface area contributed by atoms with Gasteiger partial charge in [0.1, 0.15) is 0 Å². The van der Waals surface area contributed by atoms with Crippen molar-refractivity contribution in [2.75, 3.05) is 0 Å². The van der Waals surface area contributed by atoms with E-state index in [0.717, 1.165) is 11.8 Å². The summed E-state index contributed by atoms with van der Waals surface area (Å²) in [6.45, 7) is 4.56. The van der Waals surface area contributed by atoms with Gasteiger partial charge >= 0.3 is 0 Å². The first-order valence-corrected chi connectivity index (χ1v) is 6.05. The lowest BCUT2D eigenvalue weighted by Crippen LogP contribution is -2.36. The van der Waals surface area contributed by atoms with Gasteiger partial charge in [0.05, 0.1) is 0 Å². The molecule has 0 spiro atoms. The van der Waals surface area contributed by atoms with E-state index in [-0.39, 0.29) is 0 Å². The Morgan fingerprint density at radius 3 is 2.54 bits per heavy atom. The first kappa shape index (κ1) is 11.0. The lowest BCUT2D eigenvalue weighted by molar-refractivity contribution is 0.190. The van der Waals surface area contributed by atoms with Crippen LogP contribution in [0.3, 0.4) is 0 Å². The van der Waals surface area contributed by atoms with Crippen molar-refractivity contribution in [3.05, 3.63) is 0 Å². The van der Waals surface area contributed by atoms with Crippen molar-refractivity contribution in [2.45, 2.75) is 64.8 Å². The van der Waals surface area contributed by atoms with Gasteiger partial charge in [-0.25, -0.2) is 0 Å². The third kappa shape index (κ3) is 2.98. The van der Waals surface area contributed by atoms with Crippen molar-refractivity contribution in [3.63, 3.8) is 0 Å². The van der Waals surface area contributed by atoms with E-state index in [4.69, 9.17) is 5.73 Å². The Morgan fingerprint density at radius 2 is 1.92 bits per heavy atom. The minimum absolute atomic E-state index is 0.482. The highest BCUT2D eigenvalue weighted by Gasteiger charge is 2.27. The molecule has 13 heavy (non-hydrogen) atoms. The first-order valence-electron chi connectivity index (χ1n) is 6.05. The van der Waals surface area contributed by atoms with E-state index in [1.165, 1.54) is 44.9 Å². The SMILES string of the molecule is CCCC(N)C1CCCCC1CC. The summed E-state index contributed by atoms with van der Waals surface area (Å²) in [5.74, 6) is 1.76. The molecule has 0 aliphatic heterocycles. The second-order valence-electron chi connectivity index (χ2n) is 4.57. The van der Waals surface area contributed by atoms with Crippen LogP contribution in [0, 0.1) is 11.8 Å². The standard InChI is InChI=1S/C12H25N/c1-3-7-12(13)11-9-6-5-8-10(11)4-2/h10-12H,3-9,13H2,1-2H3. The predicted molar refractivity (Wildman–Crippen MR) is 58.6 cm³/mol. The molecule has 3 atom stereocenters. The fourth-order valence-corrected chi connectivity index (χ4v) is 2.85. The minimum Gasteiger partial charge on any atom is -0.327 e. The van der Waals surface area contributed by atoms with Gasteiger partial charge in [0, 0.05) is 6.04 Å². The van der Waals surface area contributed by atoms with Crippen LogP contribution in [0.2, 0.25) is 0 Å². The summed E-state index contributed by atoms with van der Waals surface area (Å²) < 4.78 is 0. The first-order chi connectivity index (χ1) is 6.29. The number of hydrogen-bond donors (Lipinski definition) is 1. The topological polar surface area (TPSA) is 26.0 Å². The van der Waals surface area contributed by atoms with Crippen LogP contribution in [0.25, 0.3) is 0 Å². The Bertz CT molecular complexity index is 133. The Morgan fingerprint density at radius 1 is 1.23 bits per heavy atom. The van der Waals surface area contributed by atoms with Gasteiger partial charge in [0.15, 0.2) is 0 Å². The highest BCUT2D eigenvalue weighted by molar-refractivity contribution is 4.82. The molecule has 2 N–H and O–H groups in total. The third-order valence-corrected chi connectivity index (χ3v) is 3.66. The van der Waals surface area contributed by atoms with Crippen molar-refractivity contribution in [2.24, 2.45) is 17.6 Å². The van der Waals surface area contributed by atoms with Crippen LogP contribution in [-0.4, -0.2) is 6.04 Å². The summed E-state index contributed by atoms with van der Waals surface area (Å²) in [4.78, 5) is 0. The third-order valence-electron chi connectivity index (χ3n) is 3.66. The summed E-state index contributed by atoms with van der Waals surface area (Å²) in [6, 6.07) is 0.482. The normalized spacial score (nSPS) is 31.6. The number of nitrogens with two attached hydrogens (primary N) is 1. The molecule has 0 saturated heterocycles. The molecular weight excluding hydrogens is 158 g/mol.